The molecule has 0 fully saturated rings. The second-order valence-corrected chi connectivity index (χ2v) is 6.28. The highest BCUT2D eigenvalue weighted by molar-refractivity contribution is 5.67. The number of nitrogens with two attached hydrogens (primary N) is 1. The van der Waals surface area contributed by atoms with E-state index in [-0.39, 0.29) is 18.8 Å². The van der Waals surface area contributed by atoms with Crippen LogP contribution < -0.4 is 11.1 Å². The molecule has 4 N–H and O–H groups in total. The molecule has 0 saturated carbocycles. The Bertz CT molecular complexity index is 514. The van der Waals surface area contributed by atoms with Gasteiger partial charge in [-0.1, -0.05) is 13.0 Å². The lowest BCUT2D eigenvalue weighted by Crippen LogP contribution is -2.45. The number of carbonyl (C=O) groups excluding carboxylic acids is 1. The minimum absolute atomic E-state index is 0.125. The molecule has 1 rings (SSSR count). The Morgan fingerprint density at radius 3 is 2.48 bits per heavy atom. The van der Waals surface area contributed by atoms with Crippen molar-refractivity contribution in [3.8, 4) is 5.75 Å². The van der Waals surface area contributed by atoms with Crippen LogP contribution in [0.4, 0.5) is 9.18 Å². The van der Waals surface area contributed by atoms with Gasteiger partial charge in [-0.2, -0.15) is 0 Å². The van der Waals surface area contributed by atoms with Crippen LogP contribution in [0, 0.1) is 5.82 Å². The molecule has 21 heavy (non-hydrogen) atoms. The second kappa shape index (κ2) is 6.30. The minimum atomic E-state index is -0.797. The molecule has 0 aliphatic carbocycles. The molecule has 1 aromatic rings. The normalized spacial score (nSPS) is 14.4. The minimum Gasteiger partial charge on any atom is -0.508 e. The quantitative estimate of drug-likeness (QED) is 0.796. The molecule has 0 radical (unpaired) electrons. The van der Waals surface area contributed by atoms with Gasteiger partial charge in [0.15, 0.2) is 0 Å². The Kier molecular flexibility index (Phi) is 5.17. The summed E-state index contributed by atoms with van der Waals surface area (Å²) in [6.07, 6.45) is -0.582. The van der Waals surface area contributed by atoms with Gasteiger partial charge in [0.1, 0.15) is 17.2 Å². The zero-order chi connectivity index (χ0) is 16.3. The van der Waals surface area contributed by atoms with Crippen molar-refractivity contribution in [3.05, 3.63) is 29.6 Å². The van der Waals surface area contributed by atoms with Crippen LogP contribution in [0.15, 0.2) is 18.2 Å². The lowest BCUT2D eigenvalue weighted by molar-refractivity contribution is 0.0516. The number of alkyl carbamates (subject to hydrolysis) is 1. The molecular weight excluding hydrogens is 275 g/mol. The Balaban J connectivity index is 2.83. The van der Waals surface area contributed by atoms with E-state index in [2.05, 4.69) is 5.32 Å². The van der Waals surface area contributed by atoms with E-state index in [1.807, 2.05) is 0 Å². The first kappa shape index (κ1) is 17.2. The summed E-state index contributed by atoms with van der Waals surface area (Å²) >= 11 is 0. The fraction of sp³-hybridized carbons (Fsp3) is 0.533. The van der Waals surface area contributed by atoms with Crippen LogP contribution in [0.5, 0.6) is 5.75 Å². The van der Waals surface area contributed by atoms with Crippen molar-refractivity contribution in [2.24, 2.45) is 5.73 Å². The molecule has 1 atom stereocenters. The van der Waals surface area contributed by atoms with Gasteiger partial charge in [-0.05, 0) is 32.4 Å². The molecule has 1 aromatic carbocycles. The average Bonchev–Trinajstić information content (AvgIpc) is 2.34. The van der Waals surface area contributed by atoms with E-state index in [0.29, 0.717) is 5.56 Å². The van der Waals surface area contributed by atoms with Crippen LogP contribution in [0.3, 0.4) is 0 Å². The number of halogens is 1. The fourth-order valence-corrected chi connectivity index (χ4v) is 1.85. The molecule has 0 bridgehead atoms. The Morgan fingerprint density at radius 1 is 1.38 bits per heavy atom. The highest BCUT2D eigenvalue weighted by Crippen LogP contribution is 2.27. The molecule has 0 saturated heterocycles. The molecule has 0 spiro atoms. The van der Waals surface area contributed by atoms with Crippen molar-refractivity contribution in [3.63, 3.8) is 0 Å². The number of carbonyl (C=O) groups is 1. The maximum Gasteiger partial charge on any atom is 0.407 e. The molecular formula is C15H23FN2O3. The van der Waals surface area contributed by atoms with Gasteiger partial charge in [0.05, 0.1) is 0 Å². The third-order valence-corrected chi connectivity index (χ3v) is 3.08. The van der Waals surface area contributed by atoms with Crippen molar-refractivity contribution >= 4 is 6.09 Å². The number of phenolic OH excluding ortho intramolecular Hbond substituents is 1. The van der Waals surface area contributed by atoms with Crippen LogP contribution in [0.25, 0.3) is 0 Å². The molecule has 0 aliphatic rings. The maximum atomic E-state index is 14.0. The highest BCUT2D eigenvalue weighted by atomic mass is 19.1. The summed E-state index contributed by atoms with van der Waals surface area (Å²) in [6.45, 7) is 7.27. The number of rotatable bonds is 4. The monoisotopic (exact) mass is 298 g/mol. The molecule has 0 heterocycles. The third-order valence-electron chi connectivity index (χ3n) is 3.08. The predicted molar refractivity (Wildman–Crippen MR) is 78.7 cm³/mol. The lowest BCUT2D eigenvalue weighted by atomic mass is 9.82. The second-order valence-electron chi connectivity index (χ2n) is 6.28. The van der Waals surface area contributed by atoms with E-state index in [4.69, 9.17) is 10.5 Å². The van der Waals surface area contributed by atoms with E-state index >= 15 is 0 Å². The average molecular weight is 298 g/mol. The molecule has 5 nitrogen and oxygen atoms in total. The summed E-state index contributed by atoms with van der Waals surface area (Å²) in [6, 6.07) is 3.88. The summed E-state index contributed by atoms with van der Waals surface area (Å²) in [5, 5.41) is 11.9. The first-order chi connectivity index (χ1) is 9.57. The third kappa shape index (κ3) is 4.90. The van der Waals surface area contributed by atoms with Gasteiger partial charge < -0.3 is 20.9 Å². The van der Waals surface area contributed by atoms with Gasteiger partial charge in [0.25, 0.3) is 0 Å². The number of amides is 1. The number of benzene rings is 1. The Morgan fingerprint density at radius 2 is 2.00 bits per heavy atom. The summed E-state index contributed by atoms with van der Waals surface area (Å²) < 4.78 is 19.1. The topological polar surface area (TPSA) is 84.6 Å². The smallest absolute Gasteiger partial charge is 0.407 e. The summed E-state index contributed by atoms with van der Waals surface area (Å²) in [7, 11) is 0. The Hall–Kier alpha value is -1.82. The van der Waals surface area contributed by atoms with Crippen molar-refractivity contribution in [2.75, 3.05) is 13.1 Å². The van der Waals surface area contributed by atoms with Gasteiger partial charge >= 0.3 is 6.09 Å². The fourth-order valence-electron chi connectivity index (χ4n) is 1.85. The van der Waals surface area contributed by atoms with E-state index < -0.39 is 22.9 Å². The zero-order valence-electron chi connectivity index (χ0n) is 12.9. The molecule has 6 heteroatoms. The number of ether oxygens (including phenoxy) is 1. The van der Waals surface area contributed by atoms with E-state index in [0.717, 1.165) is 6.07 Å². The van der Waals surface area contributed by atoms with Crippen LogP contribution in [-0.4, -0.2) is 29.9 Å². The SMILES string of the molecule is CC(C)(C)OC(=O)NCC(C)(CN)c1ccc(O)cc1F. The summed E-state index contributed by atoms with van der Waals surface area (Å²) in [5.74, 6) is -0.718. The predicted octanol–water partition coefficient (Wildman–Crippen LogP) is 2.27. The van der Waals surface area contributed by atoms with Crippen LogP contribution in [-0.2, 0) is 10.2 Å². The van der Waals surface area contributed by atoms with E-state index in [1.165, 1.54) is 12.1 Å². The first-order valence-electron chi connectivity index (χ1n) is 6.73. The van der Waals surface area contributed by atoms with Crippen LogP contribution in [0.1, 0.15) is 33.3 Å². The number of hydrogen-bond acceptors (Lipinski definition) is 4. The van der Waals surface area contributed by atoms with Gasteiger partial charge in [0.2, 0.25) is 0 Å². The number of hydrogen-bond donors (Lipinski definition) is 3. The van der Waals surface area contributed by atoms with Crippen LogP contribution in [0.2, 0.25) is 0 Å². The van der Waals surface area contributed by atoms with Gasteiger partial charge in [-0.15, -0.1) is 0 Å². The van der Waals surface area contributed by atoms with Gasteiger partial charge in [-0.3, -0.25) is 0 Å². The van der Waals surface area contributed by atoms with Gasteiger partial charge in [0, 0.05) is 24.6 Å². The molecule has 0 aliphatic heterocycles. The Labute approximate surface area is 124 Å². The first-order valence-corrected chi connectivity index (χ1v) is 6.73. The maximum absolute atomic E-state index is 14.0. The molecule has 0 aromatic heterocycles. The highest BCUT2D eigenvalue weighted by Gasteiger charge is 2.29. The van der Waals surface area contributed by atoms with Crippen molar-refractivity contribution < 1.29 is 19.0 Å². The van der Waals surface area contributed by atoms with Crippen molar-refractivity contribution in [1.29, 1.82) is 0 Å². The largest absolute Gasteiger partial charge is 0.508 e. The summed E-state index contributed by atoms with van der Waals surface area (Å²) in [5.41, 5.74) is 4.67. The number of phenols is 1. The van der Waals surface area contributed by atoms with E-state index in [1.54, 1.807) is 27.7 Å². The molecule has 118 valence electrons. The van der Waals surface area contributed by atoms with Gasteiger partial charge in [-0.25, -0.2) is 9.18 Å². The number of aromatic hydroxyl groups is 1. The molecule has 1 amide bonds. The van der Waals surface area contributed by atoms with Crippen molar-refractivity contribution in [2.45, 2.75) is 38.7 Å². The lowest BCUT2D eigenvalue weighted by Gasteiger charge is -2.30. The van der Waals surface area contributed by atoms with Crippen LogP contribution >= 0.6 is 0 Å². The molecule has 1 unspecified atom stereocenters. The van der Waals surface area contributed by atoms with E-state index in [9.17, 15) is 14.3 Å². The van der Waals surface area contributed by atoms with Crippen molar-refractivity contribution in [1.82, 2.24) is 5.32 Å². The summed E-state index contributed by atoms with van der Waals surface area (Å²) in [4.78, 5) is 11.7. The number of nitrogens with one attached hydrogen (secondary N) is 1. The standard InChI is InChI=1S/C15H23FN2O3/c1-14(2,3)21-13(20)18-9-15(4,8-17)11-6-5-10(19)7-12(11)16/h5-7,19H,8-9,17H2,1-4H3,(H,18,20). The zero-order valence-corrected chi connectivity index (χ0v) is 12.9.